The van der Waals surface area contributed by atoms with Crippen molar-refractivity contribution in [2.45, 2.75) is 26.8 Å². The van der Waals surface area contributed by atoms with Crippen molar-refractivity contribution in [1.82, 2.24) is 15.2 Å². The van der Waals surface area contributed by atoms with Crippen LogP contribution in [-0.4, -0.2) is 40.5 Å². The molecular formula is C14H21N3O4. The molecular weight excluding hydrogens is 274 g/mol. The summed E-state index contributed by atoms with van der Waals surface area (Å²) in [6.45, 7) is 4.54. The van der Waals surface area contributed by atoms with Crippen LogP contribution in [0.15, 0.2) is 18.3 Å². The fourth-order valence-corrected chi connectivity index (χ4v) is 1.69. The Bertz CT molecular complexity index is 508. The molecule has 1 rings (SSSR count). The standard InChI is InChI=1S/C14H21N3O4/c1-10(2)8-16-12(18)5-6-15-14(21)11-4-3-7-17(11)9-13(19)20/h3-4,7,10H,5-6,8-9H2,1-2H3,(H,15,21)(H,16,18)(H,19,20). The van der Waals surface area contributed by atoms with E-state index in [4.69, 9.17) is 5.11 Å². The number of hydrogen-bond acceptors (Lipinski definition) is 3. The zero-order valence-electron chi connectivity index (χ0n) is 12.3. The molecule has 0 spiro atoms. The first-order chi connectivity index (χ1) is 9.90. The third-order valence-corrected chi connectivity index (χ3v) is 2.71. The SMILES string of the molecule is CC(C)CNC(=O)CCNC(=O)c1cccn1CC(=O)O. The number of carboxylic acids is 1. The molecule has 0 aliphatic carbocycles. The van der Waals surface area contributed by atoms with E-state index in [0.717, 1.165) is 0 Å². The van der Waals surface area contributed by atoms with Gasteiger partial charge in [-0.2, -0.15) is 0 Å². The number of rotatable bonds is 8. The van der Waals surface area contributed by atoms with E-state index in [-0.39, 0.29) is 31.1 Å². The van der Waals surface area contributed by atoms with Crippen molar-refractivity contribution in [2.24, 2.45) is 5.92 Å². The molecule has 0 aliphatic rings. The summed E-state index contributed by atoms with van der Waals surface area (Å²) in [7, 11) is 0. The summed E-state index contributed by atoms with van der Waals surface area (Å²) >= 11 is 0. The lowest BCUT2D eigenvalue weighted by molar-refractivity contribution is -0.137. The predicted molar refractivity (Wildman–Crippen MR) is 76.9 cm³/mol. The summed E-state index contributed by atoms with van der Waals surface area (Å²) < 4.78 is 1.34. The third kappa shape index (κ3) is 6.11. The molecule has 0 aliphatic heterocycles. The average molecular weight is 295 g/mol. The van der Waals surface area contributed by atoms with Gasteiger partial charge in [-0.3, -0.25) is 14.4 Å². The van der Waals surface area contributed by atoms with Crippen molar-refractivity contribution < 1.29 is 19.5 Å². The predicted octanol–water partition coefficient (Wildman–Crippen LogP) is 0.465. The van der Waals surface area contributed by atoms with Crippen molar-refractivity contribution in [3.63, 3.8) is 0 Å². The maximum atomic E-state index is 11.9. The summed E-state index contributed by atoms with van der Waals surface area (Å²) in [5.41, 5.74) is 0.264. The second-order valence-corrected chi connectivity index (χ2v) is 5.12. The molecule has 0 aromatic carbocycles. The minimum Gasteiger partial charge on any atom is -0.480 e. The van der Waals surface area contributed by atoms with Crippen LogP contribution < -0.4 is 10.6 Å². The van der Waals surface area contributed by atoms with Gasteiger partial charge >= 0.3 is 5.97 Å². The van der Waals surface area contributed by atoms with E-state index in [0.29, 0.717) is 12.5 Å². The molecule has 7 heteroatoms. The van der Waals surface area contributed by atoms with Gasteiger partial charge in [0.05, 0.1) is 0 Å². The van der Waals surface area contributed by atoms with Gasteiger partial charge in [-0.1, -0.05) is 13.8 Å². The van der Waals surface area contributed by atoms with Crippen LogP contribution in [-0.2, 0) is 16.1 Å². The van der Waals surface area contributed by atoms with Crippen molar-refractivity contribution in [1.29, 1.82) is 0 Å². The Hall–Kier alpha value is -2.31. The normalized spacial score (nSPS) is 10.4. The highest BCUT2D eigenvalue weighted by Gasteiger charge is 2.12. The Balaban J connectivity index is 2.39. The molecule has 1 aromatic rings. The third-order valence-electron chi connectivity index (χ3n) is 2.71. The Morgan fingerprint density at radius 3 is 2.62 bits per heavy atom. The number of nitrogens with zero attached hydrogens (tertiary/aromatic N) is 1. The molecule has 0 saturated heterocycles. The highest BCUT2D eigenvalue weighted by molar-refractivity contribution is 5.93. The minimum atomic E-state index is -1.02. The quantitative estimate of drug-likeness (QED) is 0.649. The van der Waals surface area contributed by atoms with Crippen molar-refractivity contribution in [2.75, 3.05) is 13.1 Å². The number of amides is 2. The molecule has 0 fully saturated rings. The second kappa shape index (κ2) is 8.08. The monoisotopic (exact) mass is 295 g/mol. The number of carbonyl (C=O) groups excluding carboxylic acids is 2. The maximum absolute atomic E-state index is 11.9. The molecule has 0 unspecified atom stereocenters. The minimum absolute atomic E-state index is 0.120. The topological polar surface area (TPSA) is 100 Å². The van der Waals surface area contributed by atoms with E-state index < -0.39 is 11.9 Å². The fraction of sp³-hybridized carbons (Fsp3) is 0.500. The Kier molecular flexibility index (Phi) is 6.45. The Morgan fingerprint density at radius 2 is 2.00 bits per heavy atom. The number of nitrogens with one attached hydrogen (secondary N) is 2. The Morgan fingerprint density at radius 1 is 1.29 bits per heavy atom. The largest absolute Gasteiger partial charge is 0.480 e. The van der Waals surface area contributed by atoms with E-state index in [1.54, 1.807) is 6.07 Å². The van der Waals surface area contributed by atoms with E-state index >= 15 is 0 Å². The molecule has 0 radical (unpaired) electrons. The van der Waals surface area contributed by atoms with E-state index in [9.17, 15) is 14.4 Å². The number of aliphatic carboxylic acids is 1. The zero-order chi connectivity index (χ0) is 15.8. The average Bonchev–Trinajstić information content (AvgIpc) is 2.83. The van der Waals surface area contributed by atoms with Crippen LogP contribution in [0.1, 0.15) is 30.8 Å². The van der Waals surface area contributed by atoms with Crippen LogP contribution in [0.4, 0.5) is 0 Å². The molecule has 1 aromatic heterocycles. The lowest BCUT2D eigenvalue weighted by Gasteiger charge is -2.09. The Labute approximate surface area is 123 Å². The molecule has 116 valence electrons. The molecule has 7 nitrogen and oxygen atoms in total. The summed E-state index contributed by atoms with van der Waals surface area (Å²) in [4.78, 5) is 34.0. The summed E-state index contributed by atoms with van der Waals surface area (Å²) in [6.07, 6.45) is 1.72. The fourth-order valence-electron chi connectivity index (χ4n) is 1.69. The smallest absolute Gasteiger partial charge is 0.323 e. The number of hydrogen-bond donors (Lipinski definition) is 3. The number of carbonyl (C=O) groups is 3. The van der Waals surface area contributed by atoms with Gasteiger partial charge in [0, 0.05) is 25.7 Å². The van der Waals surface area contributed by atoms with Gasteiger partial charge in [0.1, 0.15) is 12.2 Å². The van der Waals surface area contributed by atoms with Crippen molar-refractivity contribution in [3.05, 3.63) is 24.0 Å². The first-order valence-corrected chi connectivity index (χ1v) is 6.82. The molecule has 1 heterocycles. The van der Waals surface area contributed by atoms with Gasteiger partial charge in [-0.05, 0) is 18.1 Å². The van der Waals surface area contributed by atoms with E-state index in [1.807, 2.05) is 13.8 Å². The zero-order valence-corrected chi connectivity index (χ0v) is 12.3. The lowest BCUT2D eigenvalue weighted by atomic mass is 10.2. The highest BCUT2D eigenvalue weighted by atomic mass is 16.4. The lowest BCUT2D eigenvalue weighted by Crippen LogP contribution is -2.33. The summed E-state index contributed by atoms with van der Waals surface area (Å²) in [5.74, 6) is -1.15. The highest BCUT2D eigenvalue weighted by Crippen LogP contribution is 2.02. The summed E-state index contributed by atoms with van der Waals surface area (Å²) in [6, 6.07) is 3.14. The molecule has 2 amide bonds. The second-order valence-electron chi connectivity index (χ2n) is 5.12. The van der Waals surface area contributed by atoms with E-state index in [2.05, 4.69) is 10.6 Å². The summed E-state index contributed by atoms with van der Waals surface area (Å²) in [5, 5.41) is 14.1. The van der Waals surface area contributed by atoms with Gasteiger partial charge in [-0.15, -0.1) is 0 Å². The van der Waals surface area contributed by atoms with Crippen molar-refractivity contribution >= 4 is 17.8 Å². The van der Waals surface area contributed by atoms with Crippen LogP contribution >= 0.6 is 0 Å². The molecule has 0 bridgehead atoms. The van der Waals surface area contributed by atoms with Gasteiger partial charge < -0.3 is 20.3 Å². The van der Waals surface area contributed by atoms with Gasteiger partial charge in [0.15, 0.2) is 0 Å². The van der Waals surface area contributed by atoms with Crippen LogP contribution in [0.2, 0.25) is 0 Å². The van der Waals surface area contributed by atoms with Gasteiger partial charge in [-0.25, -0.2) is 0 Å². The van der Waals surface area contributed by atoms with Gasteiger partial charge in [0.25, 0.3) is 5.91 Å². The van der Waals surface area contributed by atoms with Crippen molar-refractivity contribution in [3.8, 4) is 0 Å². The van der Waals surface area contributed by atoms with Crippen LogP contribution in [0.3, 0.4) is 0 Å². The molecule has 0 saturated carbocycles. The molecule has 3 N–H and O–H groups in total. The molecule has 21 heavy (non-hydrogen) atoms. The number of aromatic nitrogens is 1. The van der Waals surface area contributed by atoms with Crippen LogP contribution in [0, 0.1) is 5.92 Å². The first kappa shape index (κ1) is 16.7. The van der Waals surface area contributed by atoms with Crippen LogP contribution in [0.25, 0.3) is 0 Å². The van der Waals surface area contributed by atoms with E-state index in [1.165, 1.54) is 16.8 Å². The van der Waals surface area contributed by atoms with Crippen LogP contribution in [0.5, 0.6) is 0 Å². The first-order valence-electron chi connectivity index (χ1n) is 6.82. The number of carboxylic acid groups (broad SMARTS) is 1. The maximum Gasteiger partial charge on any atom is 0.323 e. The van der Waals surface area contributed by atoms with Gasteiger partial charge in [0.2, 0.25) is 5.91 Å². The molecule has 0 atom stereocenters.